The van der Waals surface area contributed by atoms with Crippen molar-refractivity contribution in [1.82, 2.24) is 5.32 Å². The van der Waals surface area contributed by atoms with Gasteiger partial charge in [-0.25, -0.2) is 0 Å². The number of hydrogen-bond donors (Lipinski definition) is 1. The van der Waals surface area contributed by atoms with Gasteiger partial charge in [0, 0.05) is 6.04 Å². The minimum absolute atomic E-state index is 0. The van der Waals surface area contributed by atoms with E-state index in [0.717, 1.165) is 18.8 Å². The van der Waals surface area contributed by atoms with Gasteiger partial charge in [-0.2, -0.15) is 0 Å². The quantitative estimate of drug-likeness (QED) is 0.821. The Balaban J connectivity index is 0.00000144. The van der Waals surface area contributed by atoms with Crippen molar-refractivity contribution in [2.24, 2.45) is 0 Å². The first-order valence-electron chi connectivity index (χ1n) is 5.97. The Morgan fingerprint density at radius 3 is 2.82 bits per heavy atom. The van der Waals surface area contributed by atoms with Gasteiger partial charge in [0.1, 0.15) is 5.75 Å². The van der Waals surface area contributed by atoms with Gasteiger partial charge >= 0.3 is 0 Å². The molecule has 0 aromatic heterocycles. The van der Waals surface area contributed by atoms with Gasteiger partial charge in [-0.3, -0.25) is 0 Å². The summed E-state index contributed by atoms with van der Waals surface area (Å²) in [7, 11) is 0. The highest BCUT2D eigenvalue weighted by atomic mass is 127. The van der Waals surface area contributed by atoms with Crippen LogP contribution in [-0.4, -0.2) is 19.2 Å². The first kappa shape index (κ1) is 15.1. The standard InChI is InChI=1S/C13H18INO.ClH/c14-12-6-1-2-7-13(12)16-10-8-11-5-3-4-9-15-11;/h1-2,6-7,11,15H,3-5,8-10H2;1H. The summed E-state index contributed by atoms with van der Waals surface area (Å²) in [6.45, 7) is 1.99. The van der Waals surface area contributed by atoms with Crippen LogP contribution in [0.1, 0.15) is 25.7 Å². The zero-order valence-corrected chi connectivity index (χ0v) is 12.8. The number of benzene rings is 1. The maximum absolute atomic E-state index is 5.79. The molecule has 0 aliphatic carbocycles. The lowest BCUT2D eigenvalue weighted by molar-refractivity contribution is 0.267. The van der Waals surface area contributed by atoms with Gasteiger partial charge in [-0.1, -0.05) is 18.6 Å². The normalized spacial score (nSPS) is 19.5. The summed E-state index contributed by atoms with van der Waals surface area (Å²) in [5, 5.41) is 3.54. The molecule has 0 saturated carbocycles. The van der Waals surface area contributed by atoms with Crippen molar-refractivity contribution >= 4 is 35.0 Å². The van der Waals surface area contributed by atoms with Crippen molar-refractivity contribution in [3.05, 3.63) is 27.8 Å². The summed E-state index contributed by atoms with van der Waals surface area (Å²) in [5.74, 6) is 1.01. The highest BCUT2D eigenvalue weighted by Crippen LogP contribution is 2.20. The third-order valence-electron chi connectivity index (χ3n) is 2.97. The van der Waals surface area contributed by atoms with E-state index in [0.29, 0.717) is 6.04 Å². The number of nitrogens with one attached hydrogen (secondary N) is 1. The third-order valence-corrected chi connectivity index (χ3v) is 3.86. The molecule has 0 bridgehead atoms. The molecule has 1 aromatic carbocycles. The lowest BCUT2D eigenvalue weighted by Gasteiger charge is -2.23. The Hall–Kier alpha value is -0.0000000000000000208. The zero-order valence-electron chi connectivity index (χ0n) is 9.82. The molecule has 1 fully saturated rings. The average molecular weight is 368 g/mol. The maximum atomic E-state index is 5.79. The van der Waals surface area contributed by atoms with Crippen molar-refractivity contribution in [1.29, 1.82) is 0 Å². The highest BCUT2D eigenvalue weighted by molar-refractivity contribution is 14.1. The summed E-state index contributed by atoms with van der Waals surface area (Å²) in [5.41, 5.74) is 0. The molecule has 1 aliphatic rings. The largest absolute Gasteiger partial charge is 0.492 e. The van der Waals surface area contributed by atoms with E-state index in [1.165, 1.54) is 29.4 Å². The third kappa shape index (κ3) is 5.02. The fraction of sp³-hybridized carbons (Fsp3) is 0.538. The van der Waals surface area contributed by atoms with Crippen LogP contribution in [0.5, 0.6) is 5.75 Å². The smallest absolute Gasteiger partial charge is 0.132 e. The van der Waals surface area contributed by atoms with E-state index >= 15 is 0 Å². The lowest BCUT2D eigenvalue weighted by Crippen LogP contribution is -2.35. The molecule has 1 N–H and O–H groups in total. The minimum Gasteiger partial charge on any atom is -0.492 e. The minimum atomic E-state index is 0. The second kappa shape index (κ2) is 8.16. The van der Waals surface area contributed by atoms with Crippen LogP contribution < -0.4 is 10.1 Å². The molecule has 2 rings (SSSR count). The molecule has 1 atom stereocenters. The Bertz CT molecular complexity index is 329. The van der Waals surface area contributed by atoms with Gasteiger partial charge in [0.25, 0.3) is 0 Å². The topological polar surface area (TPSA) is 21.3 Å². The summed E-state index contributed by atoms with van der Waals surface area (Å²) in [6, 6.07) is 8.84. The molecular formula is C13H19ClINO. The summed E-state index contributed by atoms with van der Waals surface area (Å²) in [4.78, 5) is 0. The number of rotatable bonds is 4. The van der Waals surface area contributed by atoms with Crippen LogP contribution in [0.4, 0.5) is 0 Å². The summed E-state index contributed by atoms with van der Waals surface area (Å²) >= 11 is 2.31. The molecule has 1 aliphatic heterocycles. The fourth-order valence-electron chi connectivity index (χ4n) is 2.04. The van der Waals surface area contributed by atoms with Crippen LogP contribution >= 0.6 is 35.0 Å². The number of ether oxygens (including phenoxy) is 1. The van der Waals surface area contributed by atoms with E-state index in [1.54, 1.807) is 0 Å². The molecular weight excluding hydrogens is 349 g/mol. The van der Waals surface area contributed by atoms with Gasteiger partial charge in [0.05, 0.1) is 10.2 Å². The molecule has 0 amide bonds. The molecule has 96 valence electrons. The number of hydrogen-bond acceptors (Lipinski definition) is 2. The molecule has 0 spiro atoms. The predicted octanol–water partition coefficient (Wildman–Crippen LogP) is 3.62. The number of halogens is 2. The molecule has 1 aromatic rings. The Morgan fingerprint density at radius 1 is 1.29 bits per heavy atom. The molecule has 1 heterocycles. The van der Waals surface area contributed by atoms with Crippen molar-refractivity contribution in [2.75, 3.05) is 13.2 Å². The Kier molecular flexibility index (Phi) is 7.23. The summed E-state index contributed by atoms with van der Waals surface area (Å²) < 4.78 is 6.98. The second-order valence-corrected chi connectivity index (χ2v) is 5.38. The van der Waals surface area contributed by atoms with Crippen molar-refractivity contribution in [3.8, 4) is 5.75 Å². The number of piperidine rings is 1. The fourth-order valence-corrected chi connectivity index (χ4v) is 2.59. The molecule has 2 nitrogen and oxygen atoms in total. The van der Waals surface area contributed by atoms with Crippen LogP contribution in [0.3, 0.4) is 0 Å². The predicted molar refractivity (Wildman–Crippen MR) is 82.2 cm³/mol. The van der Waals surface area contributed by atoms with Crippen LogP contribution in [0.15, 0.2) is 24.3 Å². The van der Waals surface area contributed by atoms with Crippen molar-refractivity contribution in [3.63, 3.8) is 0 Å². The molecule has 1 unspecified atom stereocenters. The van der Waals surface area contributed by atoms with Gasteiger partial charge in [0.2, 0.25) is 0 Å². The first-order chi connectivity index (χ1) is 7.86. The lowest BCUT2D eigenvalue weighted by atomic mass is 10.0. The van der Waals surface area contributed by atoms with Gasteiger partial charge in [0.15, 0.2) is 0 Å². The zero-order chi connectivity index (χ0) is 11.2. The van der Waals surface area contributed by atoms with E-state index in [4.69, 9.17) is 4.74 Å². The van der Waals surface area contributed by atoms with Crippen molar-refractivity contribution in [2.45, 2.75) is 31.7 Å². The van der Waals surface area contributed by atoms with Gasteiger partial charge in [-0.05, 0) is 60.5 Å². The van der Waals surface area contributed by atoms with E-state index < -0.39 is 0 Å². The SMILES string of the molecule is Cl.Ic1ccccc1OCCC1CCCCN1. The monoisotopic (exact) mass is 367 g/mol. The highest BCUT2D eigenvalue weighted by Gasteiger charge is 2.12. The summed E-state index contributed by atoms with van der Waals surface area (Å²) in [6.07, 6.45) is 5.11. The number of para-hydroxylation sites is 1. The van der Waals surface area contributed by atoms with Crippen LogP contribution in [0.25, 0.3) is 0 Å². The van der Waals surface area contributed by atoms with E-state index in [2.05, 4.69) is 34.0 Å². The maximum Gasteiger partial charge on any atom is 0.132 e. The van der Waals surface area contributed by atoms with Gasteiger partial charge < -0.3 is 10.1 Å². The second-order valence-electron chi connectivity index (χ2n) is 4.21. The molecule has 4 heteroatoms. The Labute approximate surface area is 123 Å². The molecule has 17 heavy (non-hydrogen) atoms. The Morgan fingerprint density at radius 2 is 2.12 bits per heavy atom. The van der Waals surface area contributed by atoms with E-state index in [-0.39, 0.29) is 12.4 Å². The average Bonchev–Trinajstić information content (AvgIpc) is 2.33. The van der Waals surface area contributed by atoms with Crippen LogP contribution in [0.2, 0.25) is 0 Å². The molecule has 1 saturated heterocycles. The van der Waals surface area contributed by atoms with Crippen LogP contribution in [-0.2, 0) is 0 Å². The van der Waals surface area contributed by atoms with Gasteiger partial charge in [-0.15, -0.1) is 12.4 Å². The first-order valence-corrected chi connectivity index (χ1v) is 7.05. The van der Waals surface area contributed by atoms with E-state index in [9.17, 15) is 0 Å². The van der Waals surface area contributed by atoms with Crippen molar-refractivity contribution < 1.29 is 4.74 Å². The van der Waals surface area contributed by atoms with E-state index in [1.807, 2.05) is 18.2 Å². The van der Waals surface area contributed by atoms with Crippen LogP contribution in [0, 0.1) is 3.57 Å². The molecule has 0 radical (unpaired) electrons.